The molecule has 8 heteroatoms. The molecule has 0 N–H and O–H groups in total. The lowest BCUT2D eigenvalue weighted by Gasteiger charge is -2.19. The van der Waals surface area contributed by atoms with Gasteiger partial charge in [-0.15, -0.1) is 0 Å². The molecule has 4 aromatic rings. The summed E-state index contributed by atoms with van der Waals surface area (Å²) in [6.07, 6.45) is -4.94. The van der Waals surface area contributed by atoms with Crippen LogP contribution in [0.5, 0.6) is 17.2 Å². The molecule has 35 heavy (non-hydrogen) atoms. The monoisotopic (exact) mass is 546 g/mol. The van der Waals surface area contributed by atoms with Crippen LogP contribution in [0.3, 0.4) is 0 Å². The van der Waals surface area contributed by atoms with E-state index in [1.807, 2.05) is 45.0 Å². The summed E-state index contributed by atoms with van der Waals surface area (Å²) >= 11 is 3.35. The Bertz CT molecular complexity index is 1400. The highest BCUT2D eigenvalue weighted by atomic mass is 79.9. The maximum atomic E-state index is 13.8. The maximum Gasteiger partial charge on any atom is 0.453 e. The molecule has 0 atom stereocenters. The first-order valence-corrected chi connectivity index (χ1v) is 11.5. The Morgan fingerprint density at radius 2 is 1.51 bits per heavy atom. The smallest absolute Gasteiger partial charge is 0.453 e. The van der Waals surface area contributed by atoms with E-state index in [1.54, 1.807) is 12.1 Å². The first-order valence-electron chi connectivity index (χ1n) is 10.8. The summed E-state index contributed by atoms with van der Waals surface area (Å²) in [6.45, 7) is 6.24. The fraction of sp³-hybridized carbons (Fsp3) is 0.222. The number of fused-ring (bicyclic) bond motifs is 1. The minimum atomic E-state index is -4.94. The highest BCUT2D eigenvalue weighted by Crippen LogP contribution is 2.39. The van der Waals surface area contributed by atoms with Crippen LogP contribution in [0.2, 0.25) is 0 Å². The molecule has 1 aromatic heterocycles. The Morgan fingerprint density at radius 1 is 0.886 bits per heavy atom. The Hall–Kier alpha value is -3.26. The van der Waals surface area contributed by atoms with Crippen molar-refractivity contribution >= 4 is 26.9 Å². The Kier molecular flexibility index (Phi) is 6.68. The zero-order valence-corrected chi connectivity index (χ0v) is 20.8. The van der Waals surface area contributed by atoms with Gasteiger partial charge in [0.1, 0.15) is 23.7 Å². The highest BCUT2D eigenvalue weighted by molar-refractivity contribution is 9.10. The van der Waals surface area contributed by atoms with Crippen LogP contribution in [0.25, 0.3) is 11.0 Å². The van der Waals surface area contributed by atoms with Gasteiger partial charge >= 0.3 is 6.18 Å². The number of halogens is 4. The lowest BCUT2D eigenvalue weighted by molar-refractivity contribution is -0.154. The van der Waals surface area contributed by atoms with E-state index in [-0.39, 0.29) is 34.5 Å². The zero-order valence-electron chi connectivity index (χ0n) is 19.2. The third kappa shape index (κ3) is 5.70. The number of hydrogen-bond acceptors (Lipinski definition) is 4. The molecule has 0 aliphatic heterocycles. The van der Waals surface area contributed by atoms with Crippen molar-refractivity contribution in [2.75, 3.05) is 0 Å². The molecule has 0 spiro atoms. The van der Waals surface area contributed by atoms with Crippen LogP contribution < -0.4 is 14.9 Å². The van der Waals surface area contributed by atoms with Gasteiger partial charge in [-0.2, -0.15) is 13.2 Å². The van der Waals surface area contributed by atoms with Gasteiger partial charge in [-0.05, 0) is 52.9 Å². The van der Waals surface area contributed by atoms with E-state index < -0.39 is 23.1 Å². The predicted octanol–water partition coefficient (Wildman–Crippen LogP) is 8.24. The van der Waals surface area contributed by atoms with Gasteiger partial charge in [-0.25, -0.2) is 0 Å². The minimum absolute atomic E-state index is 0.0460. The average molecular weight is 547 g/mol. The topological polar surface area (TPSA) is 48.7 Å². The van der Waals surface area contributed by atoms with Crippen LogP contribution in [0.15, 0.2) is 80.4 Å². The van der Waals surface area contributed by atoms with E-state index in [2.05, 4.69) is 15.9 Å². The number of hydrogen-bond donors (Lipinski definition) is 0. The van der Waals surface area contributed by atoms with Crippen LogP contribution in [0, 0.1) is 0 Å². The standard InChI is InChI=1S/C27H22BrF3O4/c1-26(2,3)17-6-10-19(11-7-17)34-24-23(32)21-13-12-20(14-22(21)35-25(24)27(29,30)31)33-15-16-4-8-18(28)9-5-16/h4-14H,15H2,1-3H3. The second-order valence-electron chi connectivity index (χ2n) is 9.04. The van der Waals surface area contributed by atoms with E-state index in [1.165, 1.54) is 30.3 Å². The molecular formula is C27H22BrF3O4. The maximum absolute atomic E-state index is 13.8. The minimum Gasteiger partial charge on any atom is -0.489 e. The average Bonchev–Trinajstić information content (AvgIpc) is 2.79. The van der Waals surface area contributed by atoms with Gasteiger partial charge in [0, 0.05) is 10.5 Å². The van der Waals surface area contributed by atoms with E-state index >= 15 is 0 Å². The molecular weight excluding hydrogens is 525 g/mol. The van der Waals surface area contributed by atoms with Crippen LogP contribution in [-0.2, 0) is 18.2 Å². The second kappa shape index (κ2) is 9.41. The van der Waals surface area contributed by atoms with E-state index in [0.717, 1.165) is 15.6 Å². The summed E-state index contributed by atoms with van der Waals surface area (Å²) in [5.74, 6) is -2.04. The summed E-state index contributed by atoms with van der Waals surface area (Å²) in [4.78, 5) is 13.0. The summed E-state index contributed by atoms with van der Waals surface area (Å²) in [6, 6.07) is 18.1. The molecule has 0 fully saturated rings. The van der Waals surface area contributed by atoms with Crippen molar-refractivity contribution in [2.45, 2.75) is 39.0 Å². The molecule has 4 rings (SSSR count). The van der Waals surface area contributed by atoms with Crippen molar-refractivity contribution in [1.29, 1.82) is 0 Å². The molecule has 0 amide bonds. The molecule has 0 saturated carbocycles. The van der Waals surface area contributed by atoms with Crippen molar-refractivity contribution in [1.82, 2.24) is 0 Å². The van der Waals surface area contributed by atoms with Crippen LogP contribution in [0.4, 0.5) is 13.2 Å². The largest absolute Gasteiger partial charge is 0.489 e. The zero-order chi connectivity index (χ0) is 25.4. The third-order valence-corrected chi connectivity index (χ3v) is 5.87. The fourth-order valence-electron chi connectivity index (χ4n) is 3.41. The molecule has 3 aromatic carbocycles. The molecule has 0 unspecified atom stereocenters. The molecule has 1 heterocycles. The van der Waals surface area contributed by atoms with Crippen LogP contribution in [0.1, 0.15) is 37.7 Å². The highest BCUT2D eigenvalue weighted by Gasteiger charge is 2.40. The summed E-state index contributed by atoms with van der Waals surface area (Å²) in [7, 11) is 0. The SMILES string of the molecule is CC(C)(C)c1ccc(Oc2c(C(F)(F)F)oc3cc(OCc4ccc(Br)cc4)ccc3c2=O)cc1. The quantitative estimate of drug-likeness (QED) is 0.253. The number of benzene rings is 3. The summed E-state index contributed by atoms with van der Waals surface area (Å²) < 4.78 is 58.7. The van der Waals surface area contributed by atoms with Crippen molar-refractivity contribution in [2.24, 2.45) is 0 Å². The molecule has 182 valence electrons. The first-order chi connectivity index (χ1) is 16.4. The summed E-state index contributed by atoms with van der Waals surface area (Å²) in [5, 5.41) is -0.0460. The van der Waals surface area contributed by atoms with Crippen molar-refractivity contribution in [3.8, 4) is 17.2 Å². The Balaban J connectivity index is 1.68. The van der Waals surface area contributed by atoms with Gasteiger partial charge in [0.2, 0.25) is 11.2 Å². The molecule has 0 saturated heterocycles. The predicted molar refractivity (Wildman–Crippen MR) is 131 cm³/mol. The van der Waals surface area contributed by atoms with Gasteiger partial charge in [-0.1, -0.05) is 61.0 Å². The lowest BCUT2D eigenvalue weighted by atomic mass is 9.87. The van der Waals surface area contributed by atoms with Crippen molar-refractivity contribution in [3.63, 3.8) is 0 Å². The van der Waals surface area contributed by atoms with Gasteiger partial charge in [-0.3, -0.25) is 4.79 Å². The third-order valence-electron chi connectivity index (χ3n) is 5.34. The van der Waals surface area contributed by atoms with Crippen LogP contribution in [-0.4, -0.2) is 0 Å². The van der Waals surface area contributed by atoms with Crippen molar-refractivity contribution < 1.29 is 27.1 Å². The van der Waals surface area contributed by atoms with Gasteiger partial charge in [0.25, 0.3) is 5.76 Å². The first kappa shape index (κ1) is 24.9. The molecule has 4 nitrogen and oxygen atoms in total. The molecule has 0 bridgehead atoms. The Labute approximate surface area is 208 Å². The molecule has 0 aliphatic rings. The van der Waals surface area contributed by atoms with Gasteiger partial charge in [0.05, 0.1) is 5.39 Å². The molecule has 0 radical (unpaired) electrons. The van der Waals surface area contributed by atoms with E-state index in [4.69, 9.17) is 13.9 Å². The normalized spacial score (nSPS) is 12.1. The van der Waals surface area contributed by atoms with Crippen molar-refractivity contribution in [3.05, 3.63) is 98.3 Å². The van der Waals surface area contributed by atoms with Gasteiger partial charge < -0.3 is 13.9 Å². The summed E-state index contributed by atoms with van der Waals surface area (Å²) in [5.41, 5.74) is 0.535. The van der Waals surface area contributed by atoms with Crippen LogP contribution >= 0.6 is 15.9 Å². The fourth-order valence-corrected chi connectivity index (χ4v) is 3.68. The number of alkyl halides is 3. The lowest BCUT2D eigenvalue weighted by Crippen LogP contribution is -2.15. The van der Waals surface area contributed by atoms with Gasteiger partial charge in [0.15, 0.2) is 0 Å². The van der Waals surface area contributed by atoms with E-state index in [0.29, 0.717) is 0 Å². The number of ether oxygens (including phenoxy) is 2. The Morgan fingerprint density at radius 3 is 2.11 bits per heavy atom. The van der Waals surface area contributed by atoms with E-state index in [9.17, 15) is 18.0 Å². The second-order valence-corrected chi connectivity index (χ2v) is 9.95. The molecule has 0 aliphatic carbocycles. The number of rotatable bonds is 5.